The molecule has 0 spiro atoms. The van der Waals surface area contributed by atoms with E-state index in [1.165, 1.54) is 11.1 Å². The third-order valence-electron chi connectivity index (χ3n) is 4.50. The molecule has 0 saturated heterocycles. The quantitative estimate of drug-likeness (QED) is 0.530. The predicted octanol–water partition coefficient (Wildman–Crippen LogP) is 4.43. The fourth-order valence-electron chi connectivity index (χ4n) is 2.78. The van der Waals surface area contributed by atoms with Gasteiger partial charge in [0.15, 0.2) is 0 Å². The zero-order valence-electron chi connectivity index (χ0n) is 14.8. The van der Waals surface area contributed by atoms with Gasteiger partial charge in [-0.05, 0) is 30.5 Å². The maximum atomic E-state index is 7.71. The number of nitrogens with one attached hydrogen (secondary N) is 1. The number of nitrogens with two attached hydrogens (primary N) is 1. The molecule has 0 aliphatic carbocycles. The number of benzene rings is 2. The van der Waals surface area contributed by atoms with Crippen LogP contribution in [0.15, 0.2) is 60.7 Å². The Bertz CT molecular complexity index is 579. The van der Waals surface area contributed by atoms with Crippen LogP contribution in [0.2, 0.25) is 0 Å². The van der Waals surface area contributed by atoms with E-state index in [1.54, 1.807) is 0 Å². The highest BCUT2D eigenvalue weighted by molar-refractivity contribution is 5.82. The second kappa shape index (κ2) is 8.65. The van der Waals surface area contributed by atoms with Crippen molar-refractivity contribution in [2.24, 2.45) is 11.1 Å². The average molecular weight is 323 g/mol. The normalized spacial score (nSPS) is 11.6. The van der Waals surface area contributed by atoms with Crippen LogP contribution < -0.4 is 5.73 Å². The van der Waals surface area contributed by atoms with E-state index in [9.17, 15) is 0 Å². The van der Waals surface area contributed by atoms with Crippen molar-refractivity contribution in [2.45, 2.75) is 39.8 Å². The summed E-state index contributed by atoms with van der Waals surface area (Å²) in [4.78, 5) is 2.47. The summed E-state index contributed by atoms with van der Waals surface area (Å²) >= 11 is 0. The molecule has 0 aliphatic rings. The molecular weight excluding hydrogens is 294 g/mol. The number of hydrogen-bond acceptors (Lipinski definition) is 2. The van der Waals surface area contributed by atoms with Gasteiger partial charge in [0.05, 0.1) is 5.84 Å². The lowest BCUT2D eigenvalue weighted by Crippen LogP contribution is -2.32. The molecule has 0 aliphatic heterocycles. The maximum Gasteiger partial charge on any atom is 0.0963 e. The summed E-state index contributed by atoms with van der Waals surface area (Å²) in [7, 11) is 0. The Balaban J connectivity index is 1.98. The molecule has 0 fully saturated rings. The van der Waals surface area contributed by atoms with E-state index in [0.29, 0.717) is 0 Å². The minimum absolute atomic E-state index is 0.217. The molecule has 0 bridgehead atoms. The summed E-state index contributed by atoms with van der Waals surface area (Å²) in [6, 6.07) is 21.2. The summed E-state index contributed by atoms with van der Waals surface area (Å²) in [5.74, 6) is 0.278. The molecule has 2 rings (SSSR count). The van der Waals surface area contributed by atoms with Gasteiger partial charge in [0.1, 0.15) is 0 Å². The van der Waals surface area contributed by atoms with E-state index in [0.717, 1.165) is 32.5 Å². The lowest BCUT2D eigenvalue weighted by Gasteiger charge is -2.26. The summed E-state index contributed by atoms with van der Waals surface area (Å²) < 4.78 is 0. The lowest BCUT2D eigenvalue weighted by atomic mass is 9.86. The monoisotopic (exact) mass is 323 g/mol. The largest absolute Gasteiger partial charge is 0.387 e. The van der Waals surface area contributed by atoms with Gasteiger partial charge in [-0.3, -0.25) is 10.3 Å². The number of amidine groups is 1. The Morgan fingerprint density at radius 1 is 0.917 bits per heavy atom. The molecule has 2 aromatic rings. The summed E-state index contributed by atoms with van der Waals surface area (Å²) in [6.07, 6.45) is 1.97. The number of nitrogens with zero attached hydrogens (tertiary/aromatic N) is 1. The van der Waals surface area contributed by atoms with Crippen molar-refractivity contribution >= 4 is 5.84 Å². The van der Waals surface area contributed by atoms with Crippen LogP contribution in [-0.2, 0) is 13.1 Å². The first-order valence-corrected chi connectivity index (χ1v) is 8.62. The molecule has 24 heavy (non-hydrogen) atoms. The van der Waals surface area contributed by atoms with Crippen LogP contribution in [-0.4, -0.2) is 17.3 Å². The molecule has 3 heteroatoms. The highest BCUT2D eigenvalue weighted by Crippen LogP contribution is 2.22. The van der Waals surface area contributed by atoms with Gasteiger partial charge in [0.2, 0.25) is 0 Å². The minimum Gasteiger partial charge on any atom is -0.387 e. The Hall–Kier alpha value is -2.13. The SMILES string of the molecule is CC(C)(CCCN(Cc1ccccc1)Cc1ccccc1)C(=N)N. The van der Waals surface area contributed by atoms with Gasteiger partial charge < -0.3 is 5.73 Å². The van der Waals surface area contributed by atoms with Crippen LogP contribution in [0.25, 0.3) is 0 Å². The van der Waals surface area contributed by atoms with E-state index in [1.807, 2.05) is 13.8 Å². The highest BCUT2D eigenvalue weighted by Gasteiger charge is 2.21. The Labute approximate surface area is 146 Å². The smallest absolute Gasteiger partial charge is 0.0963 e. The van der Waals surface area contributed by atoms with E-state index < -0.39 is 0 Å². The van der Waals surface area contributed by atoms with E-state index >= 15 is 0 Å². The van der Waals surface area contributed by atoms with Crippen LogP contribution in [0, 0.1) is 10.8 Å². The molecule has 0 saturated carbocycles. The minimum atomic E-state index is -0.217. The molecule has 0 amide bonds. The van der Waals surface area contributed by atoms with Gasteiger partial charge >= 0.3 is 0 Å². The third kappa shape index (κ3) is 5.82. The van der Waals surface area contributed by atoms with Crippen LogP contribution in [0.3, 0.4) is 0 Å². The van der Waals surface area contributed by atoms with Crippen molar-refractivity contribution in [3.63, 3.8) is 0 Å². The van der Waals surface area contributed by atoms with E-state index in [4.69, 9.17) is 11.1 Å². The lowest BCUT2D eigenvalue weighted by molar-refractivity contribution is 0.241. The van der Waals surface area contributed by atoms with Gasteiger partial charge in [0, 0.05) is 18.5 Å². The maximum absolute atomic E-state index is 7.71. The molecule has 3 nitrogen and oxygen atoms in total. The molecule has 3 N–H and O–H groups in total. The molecule has 0 unspecified atom stereocenters. The first-order chi connectivity index (χ1) is 11.5. The second-order valence-corrected chi connectivity index (χ2v) is 7.08. The van der Waals surface area contributed by atoms with Crippen molar-refractivity contribution in [3.8, 4) is 0 Å². The van der Waals surface area contributed by atoms with Crippen LogP contribution in [0.5, 0.6) is 0 Å². The van der Waals surface area contributed by atoms with Crippen molar-refractivity contribution in [1.82, 2.24) is 4.90 Å². The fraction of sp³-hybridized carbons (Fsp3) is 0.381. The molecular formula is C21H29N3. The molecule has 0 heterocycles. The molecule has 2 aromatic carbocycles. The zero-order chi connectivity index (χ0) is 17.4. The summed E-state index contributed by atoms with van der Waals surface area (Å²) in [5.41, 5.74) is 8.15. The van der Waals surface area contributed by atoms with Crippen molar-refractivity contribution in [2.75, 3.05) is 6.54 Å². The molecule has 0 aromatic heterocycles. The third-order valence-corrected chi connectivity index (χ3v) is 4.50. The van der Waals surface area contributed by atoms with Gasteiger partial charge in [-0.1, -0.05) is 74.5 Å². The molecule has 128 valence electrons. The highest BCUT2D eigenvalue weighted by atomic mass is 15.1. The predicted molar refractivity (Wildman–Crippen MR) is 102 cm³/mol. The van der Waals surface area contributed by atoms with Gasteiger partial charge in [-0.15, -0.1) is 0 Å². The standard InChI is InChI=1S/C21H29N3/c1-21(2,20(22)23)14-9-15-24(16-18-10-5-3-6-11-18)17-19-12-7-4-8-13-19/h3-8,10-13H,9,14-17H2,1-2H3,(H3,22,23). The van der Waals surface area contributed by atoms with Crippen molar-refractivity contribution in [1.29, 1.82) is 5.41 Å². The van der Waals surface area contributed by atoms with Gasteiger partial charge in [0.25, 0.3) is 0 Å². The Kier molecular flexibility index (Phi) is 6.56. The van der Waals surface area contributed by atoms with Crippen molar-refractivity contribution < 1.29 is 0 Å². The second-order valence-electron chi connectivity index (χ2n) is 7.08. The first-order valence-electron chi connectivity index (χ1n) is 8.62. The van der Waals surface area contributed by atoms with E-state index in [-0.39, 0.29) is 11.3 Å². The average Bonchev–Trinajstić information content (AvgIpc) is 2.56. The Morgan fingerprint density at radius 3 is 1.79 bits per heavy atom. The van der Waals surface area contributed by atoms with E-state index in [2.05, 4.69) is 65.6 Å². The Morgan fingerprint density at radius 2 is 1.38 bits per heavy atom. The topological polar surface area (TPSA) is 53.1 Å². The molecule has 0 atom stereocenters. The van der Waals surface area contributed by atoms with Crippen LogP contribution in [0.4, 0.5) is 0 Å². The number of rotatable bonds is 9. The molecule has 0 radical (unpaired) electrons. The summed E-state index contributed by atoms with van der Waals surface area (Å²) in [6.45, 7) is 6.98. The van der Waals surface area contributed by atoms with Crippen molar-refractivity contribution in [3.05, 3.63) is 71.8 Å². The zero-order valence-corrected chi connectivity index (χ0v) is 14.8. The number of hydrogen-bond donors (Lipinski definition) is 2. The summed E-state index contributed by atoms with van der Waals surface area (Å²) in [5, 5.41) is 7.71. The van der Waals surface area contributed by atoms with Crippen LogP contribution >= 0.6 is 0 Å². The fourth-order valence-corrected chi connectivity index (χ4v) is 2.78. The van der Waals surface area contributed by atoms with Gasteiger partial charge in [-0.2, -0.15) is 0 Å². The first kappa shape index (κ1) is 18.2. The van der Waals surface area contributed by atoms with Gasteiger partial charge in [-0.25, -0.2) is 0 Å². The van der Waals surface area contributed by atoms with Crippen LogP contribution in [0.1, 0.15) is 37.8 Å².